The Bertz CT molecular complexity index is 1380. The number of para-hydroxylation sites is 2. The Balaban J connectivity index is 1.44. The number of rotatable bonds is 4. The van der Waals surface area contributed by atoms with Gasteiger partial charge < -0.3 is 9.80 Å². The molecule has 2 nitrogen and oxygen atoms in total. The lowest BCUT2D eigenvalue weighted by molar-refractivity contribution is 1.16. The Labute approximate surface area is 211 Å². The predicted octanol–water partition coefficient (Wildman–Crippen LogP) is 9.71. The molecular formula is C32H26N2S. The minimum absolute atomic E-state index is 1.13. The van der Waals surface area contributed by atoms with Gasteiger partial charge in [-0.2, -0.15) is 0 Å². The molecule has 0 bridgehead atoms. The van der Waals surface area contributed by atoms with Gasteiger partial charge in [-0.05, 0) is 86.6 Å². The van der Waals surface area contributed by atoms with Crippen LogP contribution in [0, 0.1) is 13.8 Å². The molecule has 0 amide bonds. The fourth-order valence-corrected chi connectivity index (χ4v) is 5.63. The van der Waals surface area contributed by atoms with Crippen molar-refractivity contribution in [1.29, 1.82) is 0 Å². The van der Waals surface area contributed by atoms with Crippen LogP contribution in [-0.2, 0) is 0 Å². The van der Waals surface area contributed by atoms with E-state index in [1.165, 1.54) is 32.3 Å². The first-order chi connectivity index (χ1) is 17.2. The molecule has 0 saturated carbocycles. The first kappa shape index (κ1) is 21.6. The van der Waals surface area contributed by atoms with E-state index >= 15 is 0 Å². The molecule has 1 heterocycles. The molecule has 3 heteroatoms. The largest absolute Gasteiger partial charge is 0.311 e. The van der Waals surface area contributed by atoms with E-state index in [0.29, 0.717) is 0 Å². The SMILES string of the molecule is Cc1ccc(N(c2ccc(C)cc2)c2ccc(N3c4ccccc4Sc4ccccc43)cc2)cc1. The Morgan fingerprint density at radius 1 is 0.486 bits per heavy atom. The highest BCUT2D eigenvalue weighted by Crippen LogP contribution is 2.51. The molecule has 0 spiro atoms. The number of hydrogen-bond acceptors (Lipinski definition) is 3. The van der Waals surface area contributed by atoms with Crippen LogP contribution < -0.4 is 9.80 Å². The minimum atomic E-state index is 1.13. The van der Waals surface area contributed by atoms with E-state index in [4.69, 9.17) is 0 Å². The fourth-order valence-electron chi connectivity index (χ4n) is 4.57. The summed E-state index contributed by atoms with van der Waals surface area (Å²) in [5.74, 6) is 0. The summed E-state index contributed by atoms with van der Waals surface area (Å²) in [6.45, 7) is 4.25. The van der Waals surface area contributed by atoms with E-state index in [-0.39, 0.29) is 0 Å². The van der Waals surface area contributed by atoms with Crippen LogP contribution in [0.1, 0.15) is 11.1 Å². The van der Waals surface area contributed by atoms with Gasteiger partial charge in [0.25, 0.3) is 0 Å². The van der Waals surface area contributed by atoms with Gasteiger partial charge >= 0.3 is 0 Å². The smallest absolute Gasteiger partial charge is 0.0601 e. The maximum absolute atomic E-state index is 2.37. The van der Waals surface area contributed by atoms with Gasteiger partial charge in [-0.1, -0.05) is 71.4 Å². The number of benzene rings is 5. The zero-order valence-electron chi connectivity index (χ0n) is 19.8. The summed E-state index contributed by atoms with van der Waals surface area (Å²) in [6.07, 6.45) is 0. The summed E-state index contributed by atoms with van der Waals surface area (Å²) in [7, 11) is 0. The number of aryl methyl sites for hydroxylation is 2. The van der Waals surface area contributed by atoms with Gasteiger partial charge in [0.15, 0.2) is 0 Å². The van der Waals surface area contributed by atoms with Crippen LogP contribution in [0.2, 0.25) is 0 Å². The van der Waals surface area contributed by atoms with Crippen molar-refractivity contribution in [3.05, 3.63) is 132 Å². The van der Waals surface area contributed by atoms with Crippen molar-refractivity contribution < 1.29 is 0 Å². The molecule has 5 aromatic carbocycles. The maximum Gasteiger partial charge on any atom is 0.0601 e. The van der Waals surface area contributed by atoms with Crippen LogP contribution in [0.15, 0.2) is 131 Å². The summed E-state index contributed by atoms with van der Waals surface area (Å²) in [4.78, 5) is 7.23. The molecule has 0 aliphatic carbocycles. The standard InChI is InChI=1S/C32H26N2S/c1-23-11-15-25(16-12-23)33(26-17-13-24(2)14-18-26)27-19-21-28(22-20-27)34-29-7-3-5-9-31(29)35-32-10-6-4-8-30(32)34/h3-22H,1-2H3. The summed E-state index contributed by atoms with van der Waals surface area (Å²) < 4.78 is 0. The molecule has 0 aromatic heterocycles. The van der Waals surface area contributed by atoms with Crippen molar-refractivity contribution in [3.63, 3.8) is 0 Å². The Morgan fingerprint density at radius 2 is 0.886 bits per heavy atom. The molecule has 0 N–H and O–H groups in total. The molecule has 0 saturated heterocycles. The van der Waals surface area contributed by atoms with E-state index in [1.807, 2.05) is 11.8 Å². The van der Waals surface area contributed by atoms with E-state index < -0.39 is 0 Å². The van der Waals surface area contributed by atoms with Crippen molar-refractivity contribution in [1.82, 2.24) is 0 Å². The summed E-state index contributed by atoms with van der Waals surface area (Å²) in [5.41, 5.74) is 9.54. The van der Waals surface area contributed by atoms with Crippen LogP contribution in [0.25, 0.3) is 0 Å². The van der Waals surface area contributed by atoms with E-state index in [1.54, 1.807) is 0 Å². The van der Waals surface area contributed by atoms with E-state index in [9.17, 15) is 0 Å². The Morgan fingerprint density at radius 3 is 1.34 bits per heavy atom. The molecule has 1 aliphatic rings. The quantitative estimate of drug-likeness (QED) is 0.253. The minimum Gasteiger partial charge on any atom is -0.311 e. The highest BCUT2D eigenvalue weighted by molar-refractivity contribution is 7.99. The molecule has 0 fully saturated rings. The first-order valence-corrected chi connectivity index (χ1v) is 12.7. The zero-order chi connectivity index (χ0) is 23.8. The lowest BCUT2D eigenvalue weighted by Gasteiger charge is -2.33. The van der Waals surface area contributed by atoms with Gasteiger partial charge in [-0.3, -0.25) is 0 Å². The van der Waals surface area contributed by atoms with Gasteiger partial charge in [0.2, 0.25) is 0 Å². The first-order valence-electron chi connectivity index (χ1n) is 11.9. The zero-order valence-corrected chi connectivity index (χ0v) is 20.7. The van der Waals surface area contributed by atoms with Crippen LogP contribution in [0.4, 0.5) is 34.1 Å². The maximum atomic E-state index is 2.37. The topological polar surface area (TPSA) is 6.48 Å². The highest BCUT2D eigenvalue weighted by atomic mass is 32.2. The highest BCUT2D eigenvalue weighted by Gasteiger charge is 2.24. The molecule has 5 aromatic rings. The number of nitrogens with zero attached hydrogens (tertiary/aromatic N) is 2. The molecule has 0 atom stereocenters. The predicted molar refractivity (Wildman–Crippen MR) is 149 cm³/mol. The third kappa shape index (κ3) is 4.09. The number of hydrogen-bond donors (Lipinski definition) is 0. The normalized spacial score (nSPS) is 12.1. The van der Waals surface area contributed by atoms with Crippen LogP contribution in [0.5, 0.6) is 0 Å². The lowest BCUT2D eigenvalue weighted by atomic mass is 10.1. The van der Waals surface area contributed by atoms with Crippen LogP contribution >= 0.6 is 11.8 Å². The van der Waals surface area contributed by atoms with Crippen molar-refractivity contribution in [2.75, 3.05) is 9.80 Å². The Hall–Kier alpha value is -3.95. The second-order valence-corrected chi connectivity index (χ2v) is 9.98. The van der Waals surface area contributed by atoms with E-state index in [2.05, 4.69) is 145 Å². The summed E-state index contributed by atoms with van der Waals surface area (Å²) in [6, 6.07) is 43.6. The molecule has 170 valence electrons. The van der Waals surface area contributed by atoms with Gasteiger partial charge in [0.1, 0.15) is 0 Å². The van der Waals surface area contributed by atoms with Crippen molar-refractivity contribution >= 4 is 45.9 Å². The average molecular weight is 471 g/mol. The third-order valence-electron chi connectivity index (χ3n) is 6.38. The summed E-state index contributed by atoms with van der Waals surface area (Å²) >= 11 is 1.84. The molecule has 35 heavy (non-hydrogen) atoms. The van der Waals surface area contributed by atoms with Crippen molar-refractivity contribution in [3.8, 4) is 0 Å². The number of fused-ring (bicyclic) bond motifs is 2. The fraction of sp³-hybridized carbons (Fsp3) is 0.0625. The van der Waals surface area contributed by atoms with Crippen molar-refractivity contribution in [2.45, 2.75) is 23.6 Å². The summed E-state index contributed by atoms with van der Waals surface area (Å²) in [5, 5.41) is 0. The molecule has 1 aliphatic heterocycles. The van der Waals surface area contributed by atoms with Crippen LogP contribution in [-0.4, -0.2) is 0 Å². The molecule has 6 rings (SSSR count). The third-order valence-corrected chi connectivity index (χ3v) is 7.51. The number of anilines is 6. The van der Waals surface area contributed by atoms with E-state index in [0.717, 1.165) is 22.7 Å². The molecule has 0 unspecified atom stereocenters. The van der Waals surface area contributed by atoms with Gasteiger partial charge in [-0.15, -0.1) is 0 Å². The second kappa shape index (κ2) is 9.01. The van der Waals surface area contributed by atoms with Gasteiger partial charge in [-0.25, -0.2) is 0 Å². The molecular weight excluding hydrogens is 444 g/mol. The second-order valence-electron chi connectivity index (χ2n) is 8.90. The monoisotopic (exact) mass is 470 g/mol. The van der Waals surface area contributed by atoms with Crippen LogP contribution in [0.3, 0.4) is 0 Å². The van der Waals surface area contributed by atoms with Gasteiger partial charge in [0, 0.05) is 32.5 Å². The Kier molecular flexibility index (Phi) is 5.55. The van der Waals surface area contributed by atoms with Crippen molar-refractivity contribution in [2.24, 2.45) is 0 Å². The average Bonchev–Trinajstić information content (AvgIpc) is 2.90. The lowest BCUT2D eigenvalue weighted by Crippen LogP contribution is -2.15. The van der Waals surface area contributed by atoms with Gasteiger partial charge in [0.05, 0.1) is 11.4 Å². The molecule has 0 radical (unpaired) electrons.